The van der Waals surface area contributed by atoms with Crippen molar-refractivity contribution in [2.75, 3.05) is 18.2 Å². The van der Waals surface area contributed by atoms with Gasteiger partial charge in [0.15, 0.2) is 5.82 Å². The molecule has 0 aromatic carbocycles. The highest BCUT2D eigenvalue weighted by Gasteiger charge is 2.12. The molecule has 0 unspecified atom stereocenters. The standard InChI is InChI=1S/C13H18N4O2/c1-3-5-10-16-12(11(14)13(17-10)18-2)15-8-9-6-4-7-19-9/h4,6-7H,3,5,8,14H2,1-2H3,(H,15,16,17). The molecular weight excluding hydrogens is 244 g/mol. The van der Waals surface area contributed by atoms with Gasteiger partial charge in [0, 0.05) is 6.42 Å². The lowest BCUT2D eigenvalue weighted by molar-refractivity contribution is 0.397. The van der Waals surface area contributed by atoms with Crippen molar-refractivity contribution < 1.29 is 9.15 Å². The molecular formula is C13H18N4O2. The lowest BCUT2D eigenvalue weighted by Gasteiger charge is -2.11. The Morgan fingerprint density at radius 2 is 2.26 bits per heavy atom. The first kappa shape index (κ1) is 13.2. The molecule has 19 heavy (non-hydrogen) atoms. The highest BCUT2D eigenvalue weighted by atomic mass is 16.5. The summed E-state index contributed by atoms with van der Waals surface area (Å²) in [5.41, 5.74) is 6.37. The fourth-order valence-electron chi connectivity index (χ4n) is 1.70. The Kier molecular flexibility index (Phi) is 4.22. The minimum atomic E-state index is 0.403. The average molecular weight is 262 g/mol. The van der Waals surface area contributed by atoms with Gasteiger partial charge in [0.2, 0.25) is 5.88 Å². The second kappa shape index (κ2) is 6.08. The molecule has 0 aliphatic carbocycles. The molecule has 2 rings (SSSR count). The molecule has 6 heteroatoms. The maximum Gasteiger partial charge on any atom is 0.242 e. The Labute approximate surface area is 112 Å². The molecule has 2 aromatic rings. The van der Waals surface area contributed by atoms with E-state index in [1.807, 2.05) is 12.1 Å². The fraction of sp³-hybridized carbons (Fsp3) is 0.385. The molecule has 0 atom stereocenters. The van der Waals surface area contributed by atoms with E-state index in [1.54, 1.807) is 13.4 Å². The number of aryl methyl sites for hydroxylation is 1. The summed E-state index contributed by atoms with van der Waals surface area (Å²) in [6.07, 6.45) is 3.38. The molecule has 0 saturated carbocycles. The van der Waals surface area contributed by atoms with Crippen molar-refractivity contribution in [3.63, 3.8) is 0 Å². The number of hydrogen-bond acceptors (Lipinski definition) is 6. The molecule has 0 bridgehead atoms. The Hall–Kier alpha value is -2.24. The smallest absolute Gasteiger partial charge is 0.242 e. The third kappa shape index (κ3) is 3.15. The van der Waals surface area contributed by atoms with Gasteiger partial charge in [-0.15, -0.1) is 0 Å². The van der Waals surface area contributed by atoms with Crippen LogP contribution in [0.1, 0.15) is 24.9 Å². The zero-order valence-electron chi connectivity index (χ0n) is 11.1. The van der Waals surface area contributed by atoms with Gasteiger partial charge in [-0.3, -0.25) is 0 Å². The van der Waals surface area contributed by atoms with Crippen molar-refractivity contribution >= 4 is 11.5 Å². The van der Waals surface area contributed by atoms with Crippen LogP contribution in [0.5, 0.6) is 5.88 Å². The number of nitrogens with two attached hydrogens (primary N) is 1. The first-order valence-corrected chi connectivity index (χ1v) is 6.21. The summed E-state index contributed by atoms with van der Waals surface area (Å²) < 4.78 is 10.4. The molecule has 0 radical (unpaired) electrons. The van der Waals surface area contributed by atoms with Crippen LogP contribution in [0.15, 0.2) is 22.8 Å². The molecule has 0 aliphatic rings. The average Bonchev–Trinajstić information content (AvgIpc) is 2.92. The number of nitrogen functional groups attached to an aromatic ring is 1. The quantitative estimate of drug-likeness (QED) is 0.830. The Bertz CT molecular complexity index is 526. The molecule has 0 saturated heterocycles. The van der Waals surface area contributed by atoms with Crippen molar-refractivity contribution in [1.29, 1.82) is 0 Å². The Morgan fingerprint density at radius 1 is 1.42 bits per heavy atom. The van der Waals surface area contributed by atoms with Gasteiger partial charge < -0.3 is 20.2 Å². The summed E-state index contributed by atoms with van der Waals surface area (Å²) in [6.45, 7) is 2.59. The first-order valence-electron chi connectivity index (χ1n) is 6.21. The van der Waals surface area contributed by atoms with E-state index in [2.05, 4.69) is 22.2 Å². The monoisotopic (exact) mass is 262 g/mol. The molecule has 0 aliphatic heterocycles. The number of ether oxygens (including phenoxy) is 1. The van der Waals surface area contributed by atoms with Crippen LogP contribution in [0.25, 0.3) is 0 Å². The van der Waals surface area contributed by atoms with Crippen molar-refractivity contribution in [3.8, 4) is 5.88 Å². The summed E-state index contributed by atoms with van der Waals surface area (Å²) >= 11 is 0. The number of rotatable bonds is 6. The van der Waals surface area contributed by atoms with Crippen molar-refractivity contribution in [2.24, 2.45) is 0 Å². The molecule has 0 fully saturated rings. The summed E-state index contributed by atoms with van der Waals surface area (Å²) in [6, 6.07) is 3.72. The van der Waals surface area contributed by atoms with Crippen LogP contribution in [-0.4, -0.2) is 17.1 Å². The van der Waals surface area contributed by atoms with E-state index in [1.165, 1.54) is 0 Å². The highest BCUT2D eigenvalue weighted by molar-refractivity contribution is 5.66. The second-order valence-corrected chi connectivity index (χ2v) is 4.09. The van der Waals surface area contributed by atoms with Gasteiger partial charge in [-0.05, 0) is 18.6 Å². The molecule has 2 heterocycles. The predicted molar refractivity (Wildman–Crippen MR) is 73.0 cm³/mol. The first-order chi connectivity index (χ1) is 9.24. The molecule has 2 aromatic heterocycles. The van der Waals surface area contributed by atoms with Crippen LogP contribution in [0.2, 0.25) is 0 Å². The highest BCUT2D eigenvalue weighted by Crippen LogP contribution is 2.26. The third-order valence-electron chi connectivity index (χ3n) is 2.63. The summed E-state index contributed by atoms with van der Waals surface area (Å²) in [5.74, 6) is 2.51. The van der Waals surface area contributed by atoms with Crippen LogP contribution in [0.3, 0.4) is 0 Å². The molecule has 3 N–H and O–H groups in total. The Morgan fingerprint density at radius 3 is 2.89 bits per heavy atom. The SMILES string of the molecule is CCCc1nc(NCc2ccco2)c(N)c(OC)n1. The summed E-state index contributed by atoms with van der Waals surface area (Å²) in [4.78, 5) is 8.67. The summed E-state index contributed by atoms with van der Waals surface area (Å²) in [7, 11) is 1.55. The van der Waals surface area contributed by atoms with Gasteiger partial charge in [-0.2, -0.15) is 4.98 Å². The van der Waals surface area contributed by atoms with Crippen molar-refractivity contribution in [2.45, 2.75) is 26.3 Å². The van der Waals surface area contributed by atoms with E-state index in [4.69, 9.17) is 14.9 Å². The largest absolute Gasteiger partial charge is 0.479 e. The fourth-order valence-corrected chi connectivity index (χ4v) is 1.70. The summed E-state index contributed by atoms with van der Waals surface area (Å²) in [5, 5.41) is 3.14. The van der Waals surface area contributed by atoms with E-state index in [0.29, 0.717) is 23.9 Å². The van der Waals surface area contributed by atoms with Crippen molar-refractivity contribution in [3.05, 3.63) is 30.0 Å². The lowest BCUT2D eigenvalue weighted by atomic mass is 10.3. The van der Waals surface area contributed by atoms with Gasteiger partial charge in [0.1, 0.15) is 17.3 Å². The number of nitrogens with one attached hydrogen (secondary N) is 1. The number of aromatic nitrogens is 2. The Balaban J connectivity index is 2.19. The minimum Gasteiger partial charge on any atom is -0.479 e. The topological polar surface area (TPSA) is 86.2 Å². The number of nitrogens with zero attached hydrogens (tertiary/aromatic N) is 2. The van der Waals surface area contributed by atoms with Crippen LogP contribution in [-0.2, 0) is 13.0 Å². The molecule has 6 nitrogen and oxygen atoms in total. The van der Waals surface area contributed by atoms with E-state index in [9.17, 15) is 0 Å². The van der Waals surface area contributed by atoms with Gasteiger partial charge >= 0.3 is 0 Å². The van der Waals surface area contributed by atoms with Gasteiger partial charge in [0.25, 0.3) is 0 Å². The van der Waals surface area contributed by atoms with Crippen LogP contribution < -0.4 is 15.8 Å². The van der Waals surface area contributed by atoms with Gasteiger partial charge in [0.05, 0.1) is 19.9 Å². The number of methoxy groups -OCH3 is 1. The number of hydrogen-bond donors (Lipinski definition) is 2. The zero-order chi connectivity index (χ0) is 13.7. The molecule has 102 valence electrons. The predicted octanol–water partition coefficient (Wildman–Crippen LogP) is 2.22. The van der Waals surface area contributed by atoms with Crippen LogP contribution in [0, 0.1) is 0 Å². The van der Waals surface area contributed by atoms with Gasteiger partial charge in [-0.25, -0.2) is 4.98 Å². The van der Waals surface area contributed by atoms with E-state index >= 15 is 0 Å². The third-order valence-corrected chi connectivity index (χ3v) is 2.63. The number of furan rings is 1. The second-order valence-electron chi connectivity index (χ2n) is 4.09. The number of anilines is 2. The zero-order valence-corrected chi connectivity index (χ0v) is 11.1. The van der Waals surface area contributed by atoms with E-state index < -0.39 is 0 Å². The van der Waals surface area contributed by atoms with E-state index in [-0.39, 0.29) is 0 Å². The minimum absolute atomic E-state index is 0.403. The lowest BCUT2D eigenvalue weighted by Crippen LogP contribution is -2.09. The molecule has 0 spiro atoms. The molecule has 0 amide bonds. The van der Waals surface area contributed by atoms with Crippen LogP contribution in [0.4, 0.5) is 11.5 Å². The van der Waals surface area contributed by atoms with Crippen molar-refractivity contribution in [1.82, 2.24) is 9.97 Å². The maximum absolute atomic E-state index is 5.96. The van der Waals surface area contributed by atoms with E-state index in [0.717, 1.165) is 24.4 Å². The maximum atomic E-state index is 5.96. The van der Waals surface area contributed by atoms with Gasteiger partial charge in [-0.1, -0.05) is 6.92 Å². The van der Waals surface area contributed by atoms with Crippen LogP contribution >= 0.6 is 0 Å². The normalized spacial score (nSPS) is 10.4.